The van der Waals surface area contributed by atoms with Crippen LogP contribution in [0.4, 0.5) is 0 Å². The van der Waals surface area contributed by atoms with Crippen molar-refractivity contribution >= 4 is 5.97 Å². The van der Waals surface area contributed by atoms with Crippen LogP contribution in [-0.4, -0.2) is 13.1 Å². The van der Waals surface area contributed by atoms with E-state index in [1.165, 1.54) is 18.7 Å². The molecule has 1 rings (SSSR count). The molecule has 0 saturated heterocycles. The van der Waals surface area contributed by atoms with Gasteiger partial charge in [0.25, 0.3) is 0 Å². The normalized spacial score (nSPS) is 9.27. The van der Waals surface area contributed by atoms with Crippen LogP contribution < -0.4 is 0 Å². The Morgan fingerprint density at radius 3 is 2.40 bits per heavy atom. The van der Waals surface area contributed by atoms with Gasteiger partial charge in [-0.3, -0.25) is 0 Å². The molecule has 0 aliphatic rings. The van der Waals surface area contributed by atoms with Gasteiger partial charge < -0.3 is 4.74 Å². The Morgan fingerprint density at radius 2 is 1.87 bits per heavy atom. The third-order valence-corrected chi connectivity index (χ3v) is 1.65. The van der Waals surface area contributed by atoms with Crippen molar-refractivity contribution in [1.29, 1.82) is 0 Å². The molecule has 0 unspecified atom stereocenters. The van der Waals surface area contributed by atoms with Crippen LogP contribution in [0.25, 0.3) is 0 Å². The molecule has 0 N–H and O–H groups in total. The Hall–Kier alpha value is -1.57. The highest BCUT2D eigenvalue weighted by Gasteiger charge is 1.90. The highest BCUT2D eigenvalue weighted by molar-refractivity contribution is 5.81. The molecule has 0 amide bonds. The second-order valence-electron chi connectivity index (χ2n) is 2.62. The summed E-state index contributed by atoms with van der Waals surface area (Å²) in [5.41, 5.74) is 1.18. The van der Waals surface area contributed by atoms with Crippen molar-refractivity contribution in [2.24, 2.45) is 0 Å². The summed E-state index contributed by atoms with van der Waals surface area (Å²) in [6.07, 6.45) is 3.99. The largest absolute Gasteiger partial charge is 0.466 e. The van der Waals surface area contributed by atoms with E-state index in [0.717, 1.165) is 6.42 Å². The van der Waals surface area contributed by atoms with Crippen LogP contribution in [0.5, 0.6) is 0 Å². The first-order valence-corrected chi connectivity index (χ1v) is 5.11. The summed E-state index contributed by atoms with van der Waals surface area (Å²) in [6.45, 7) is 4.00. The number of hydrogen-bond donors (Lipinski definition) is 0. The highest BCUT2D eigenvalue weighted by Crippen LogP contribution is 1.99. The van der Waals surface area contributed by atoms with E-state index in [0.29, 0.717) is 0 Å². The van der Waals surface area contributed by atoms with Gasteiger partial charge in [0.1, 0.15) is 0 Å². The van der Waals surface area contributed by atoms with Crippen LogP contribution in [0.3, 0.4) is 0 Å². The molecule has 0 fully saturated rings. The van der Waals surface area contributed by atoms with E-state index < -0.39 is 0 Å². The zero-order valence-corrected chi connectivity index (χ0v) is 9.57. The van der Waals surface area contributed by atoms with Gasteiger partial charge in [-0.05, 0) is 12.0 Å². The van der Waals surface area contributed by atoms with Crippen molar-refractivity contribution < 1.29 is 9.53 Å². The summed E-state index contributed by atoms with van der Waals surface area (Å²) < 4.78 is 4.46. The molecule has 0 atom stereocenters. The van der Waals surface area contributed by atoms with E-state index in [4.69, 9.17) is 0 Å². The molecule has 15 heavy (non-hydrogen) atoms. The minimum Gasteiger partial charge on any atom is -0.466 e. The Morgan fingerprint density at radius 1 is 1.27 bits per heavy atom. The summed E-state index contributed by atoms with van der Waals surface area (Å²) in [5, 5.41) is 0. The predicted molar refractivity (Wildman–Crippen MR) is 62.7 cm³/mol. The van der Waals surface area contributed by atoms with Crippen LogP contribution >= 0.6 is 0 Å². The maximum absolute atomic E-state index is 10.7. The number of hydrogen-bond acceptors (Lipinski definition) is 2. The van der Waals surface area contributed by atoms with Crippen LogP contribution in [-0.2, 0) is 16.0 Å². The standard InChI is InChI=1S/C11H12O2.C2H6/c1-13-11(12)9-5-8-10-6-3-2-4-7-10;1-2/h2-7,9H,8H2,1H3;1-2H3/b9-5+;. The predicted octanol–water partition coefficient (Wildman–Crippen LogP) is 2.98. The number of carbonyl (C=O) groups is 1. The first-order chi connectivity index (χ1) is 7.33. The molecule has 2 nitrogen and oxygen atoms in total. The maximum Gasteiger partial charge on any atom is 0.330 e. The molecule has 1 aromatic carbocycles. The Balaban J connectivity index is 0.000000921. The quantitative estimate of drug-likeness (QED) is 0.561. The SMILES string of the molecule is CC.COC(=O)/C=C/Cc1ccccc1. The maximum atomic E-state index is 10.7. The van der Waals surface area contributed by atoms with E-state index in [-0.39, 0.29) is 5.97 Å². The van der Waals surface area contributed by atoms with Gasteiger partial charge >= 0.3 is 5.97 Å². The first kappa shape index (κ1) is 13.4. The van der Waals surface area contributed by atoms with E-state index in [1.807, 2.05) is 44.2 Å². The molecular weight excluding hydrogens is 188 g/mol. The van der Waals surface area contributed by atoms with Crippen molar-refractivity contribution in [2.75, 3.05) is 7.11 Å². The molecule has 0 aromatic heterocycles. The monoisotopic (exact) mass is 206 g/mol. The van der Waals surface area contributed by atoms with E-state index in [2.05, 4.69) is 4.74 Å². The fourth-order valence-electron chi connectivity index (χ4n) is 0.973. The van der Waals surface area contributed by atoms with E-state index in [1.54, 1.807) is 6.08 Å². The topological polar surface area (TPSA) is 26.3 Å². The lowest BCUT2D eigenvalue weighted by atomic mass is 10.1. The Kier molecular flexibility index (Phi) is 8.06. The molecule has 0 spiro atoms. The van der Waals surface area contributed by atoms with E-state index >= 15 is 0 Å². The second kappa shape index (κ2) is 9.00. The smallest absolute Gasteiger partial charge is 0.330 e. The summed E-state index contributed by atoms with van der Waals surface area (Å²) in [6, 6.07) is 9.94. The van der Waals surface area contributed by atoms with Gasteiger partial charge in [0.15, 0.2) is 0 Å². The third-order valence-electron chi connectivity index (χ3n) is 1.65. The van der Waals surface area contributed by atoms with Crippen molar-refractivity contribution in [3.63, 3.8) is 0 Å². The van der Waals surface area contributed by atoms with Gasteiger partial charge in [-0.2, -0.15) is 0 Å². The number of benzene rings is 1. The summed E-state index contributed by atoms with van der Waals surface area (Å²) in [7, 11) is 1.37. The molecule has 2 heteroatoms. The number of methoxy groups -OCH3 is 1. The zero-order valence-electron chi connectivity index (χ0n) is 9.57. The third kappa shape index (κ3) is 6.49. The van der Waals surface area contributed by atoms with Gasteiger partial charge in [0.05, 0.1) is 7.11 Å². The summed E-state index contributed by atoms with van der Waals surface area (Å²) >= 11 is 0. The van der Waals surface area contributed by atoms with Gasteiger partial charge in [-0.25, -0.2) is 4.79 Å². The Bertz CT molecular complexity index is 289. The molecule has 1 aromatic rings. The van der Waals surface area contributed by atoms with Crippen molar-refractivity contribution in [3.8, 4) is 0 Å². The van der Waals surface area contributed by atoms with Crippen molar-refractivity contribution in [3.05, 3.63) is 48.0 Å². The summed E-state index contributed by atoms with van der Waals surface area (Å²) in [4.78, 5) is 10.7. The molecule has 0 aliphatic carbocycles. The fraction of sp³-hybridized carbons (Fsp3) is 0.308. The molecule has 0 aliphatic heterocycles. The number of ether oxygens (including phenoxy) is 1. The molecular formula is C13H18O2. The lowest BCUT2D eigenvalue weighted by Gasteiger charge is -1.93. The van der Waals surface area contributed by atoms with Crippen LogP contribution in [0, 0.1) is 0 Å². The number of rotatable bonds is 3. The van der Waals surface area contributed by atoms with Gasteiger partial charge in [-0.1, -0.05) is 50.3 Å². The van der Waals surface area contributed by atoms with E-state index in [9.17, 15) is 4.79 Å². The lowest BCUT2D eigenvalue weighted by molar-refractivity contribution is -0.134. The average molecular weight is 206 g/mol. The lowest BCUT2D eigenvalue weighted by Crippen LogP contribution is -1.93. The van der Waals surface area contributed by atoms with Gasteiger partial charge in [-0.15, -0.1) is 0 Å². The number of esters is 1. The fourth-order valence-corrected chi connectivity index (χ4v) is 0.973. The van der Waals surface area contributed by atoms with Crippen LogP contribution in [0.2, 0.25) is 0 Å². The minimum atomic E-state index is -0.309. The first-order valence-electron chi connectivity index (χ1n) is 5.11. The van der Waals surface area contributed by atoms with Crippen molar-refractivity contribution in [1.82, 2.24) is 0 Å². The van der Waals surface area contributed by atoms with Crippen LogP contribution in [0.15, 0.2) is 42.5 Å². The second-order valence-corrected chi connectivity index (χ2v) is 2.62. The highest BCUT2D eigenvalue weighted by atomic mass is 16.5. The average Bonchev–Trinajstić information content (AvgIpc) is 2.33. The van der Waals surface area contributed by atoms with Gasteiger partial charge in [0.2, 0.25) is 0 Å². The van der Waals surface area contributed by atoms with Gasteiger partial charge in [0, 0.05) is 6.08 Å². The molecule has 0 radical (unpaired) electrons. The molecule has 82 valence electrons. The molecule has 0 saturated carbocycles. The summed E-state index contributed by atoms with van der Waals surface area (Å²) in [5.74, 6) is -0.309. The van der Waals surface area contributed by atoms with Crippen LogP contribution in [0.1, 0.15) is 19.4 Å². The number of allylic oxidation sites excluding steroid dienone is 1. The molecule has 0 bridgehead atoms. The minimum absolute atomic E-state index is 0.309. The van der Waals surface area contributed by atoms with Crippen molar-refractivity contribution in [2.45, 2.75) is 20.3 Å². The number of carbonyl (C=O) groups excluding carboxylic acids is 1. The molecule has 0 heterocycles. The Labute approximate surface area is 91.6 Å². The zero-order chi connectivity index (χ0) is 11.5.